The third-order valence-corrected chi connectivity index (χ3v) is 4.40. The van der Waals surface area contributed by atoms with Crippen molar-refractivity contribution >= 4 is 33.9 Å². The van der Waals surface area contributed by atoms with Crippen LogP contribution in [0.25, 0.3) is 27.9 Å². The van der Waals surface area contributed by atoms with Gasteiger partial charge in [-0.25, -0.2) is 9.97 Å². The van der Waals surface area contributed by atoms with E-state index in [-0.39, 0.29) is 11.4 Å². The predicted octanol–water partition coefficient (Wildman–Crippen LogP) is 2.57. The maximum absolute atomic E-state index is 12.1. The number of methoxy groups -OCH3 is 1. The number of benzene rings is 2. The topological polar surface area (TPSA) is 109 Å². The normalized spacial score (nSPS) is 11.2. The number of nitrogens with two attached hydrogens (primary N) is 2. The highest BCUT2D eigenvalue weighted by Crippen LogP contribution is 2.33. The van der Waals surface area contributed by atoms with Crippen molar-refractivity contribution < 1.29 is 9.53 Å². The minimum Gasteiger partial charge on any atom is -0.497 e. The number of hydrogen-bond donors (Lipinski definition) is 2. The molecule has 0 aliphatic rings. The Kier molecular flexibility index (Phi) is 3.50. The fraction of sp³-hybridized carbons (Fsp3) is 0.105. The van der Waals surface area contributed by atoms with Gasteiger partial charge in [0, 0.05) is 6.07 Å². The minimum atomic E-state index is -0.642. The molecule has 2 aromatic carbocycles. The summed E-state index contributed by atoms with van der Waals surface area (Å²) in [6.07, 6.45) is 0. The summed E-state index contributed by atoms with van der Waals surface area (Å²) in [6.45, 7) is 1.94. The van der Waals surface area contributed by atoms with Crippen LogP contribution in [0.3, 0.4) is 0 Å². The summed E-state index contributed by atoms with van der Waals surface area (Å²) < 4.78 is 7.03. The molecule has 0 saturated carbocycles. The first kappa shape index (κ1) is 15.9. The zero-order valence-corrected chi connectivity index (χ0v) is 14.4. The smallest absolute Gasteiger partial charge is 0.254 e. The number of carbonyl (C=O) groups excluding carboxylic acids is 1. The van der Waals surface area contributed by atoms with Crippen LogP contribution in [-0.4, -0.2) is 27.6 Å². The zero-order chi connectivity index (χ0) is 18.4. The lowest BCUT2D eigenvalue weighted by Crippen LogP contribution is -2.14. The summed E-state index contributed by atoms with van der Waals surface area (Å²) in [5.74, 6) is 0.233. The lowest BCUT2D eigenvalue weighted by Gasteiger charge is -2.12. The average Bonchev–Trinajstić information content (AvgIpc) is 2.91. The number of aromatic nitrogens is 3. The number of carbonyl (C=O) groups is 1. The third-order valence-electron chi connectivity index (χ3n) is 4.40. The van der Waals surface area contributed by atoms with Gasteiger partial charge < -0.3 is 16.2 Å². The number of primary amides is 1. The van der Waals surface area contributed by atoms with Gasteiger partial charge in [0.05, 0.1) is 23.8 Å². The van der Waals surface area contributed by atoms with Crippen molar-refractivity contribution in [2.45, 2.75) is 6.92 Å². The molecule has 0 fully saturated rings. The molecule has 130 valence electrons. The molecule has 7 nitrogen and oxygen atoms in total. The van der Waals surface area contributed by atoms with Crippen LogP contribution in [0.15, 0.2) is 42.5 Å². The molecule has 0 bridgehead atoms. The van der Waals surface area contributed by atoms with Gasteiger partial charge in [-0.05, 0) is 30.7 Å². The number of ether oxygens (including phenoxy) is 1. The fourth-order valence-corrected chi connectivity index (χ4v) is 3.11. The number of amides is 1. The van der Waals surface area contributed by atoms with E-state index < -0.39 is 5.91 Å². The van der Waals surface area contributed by atoms with Crippen LogP contribution < -0.4 is 16.2 Å². The van der Waals surface area contributed by atoms with Gasteiger partial charge >= 0.3 is 0 Å². The average molecular weight is 347 g/mol. The van der Waals surface area contributed by atoms with E-state index in [4.69, 9.17) is 16.2 Å². The van der Waals surface area contributed by atoms with Crippen LogP contribution >= 0.6 is 0 Å². The van der Waals surface area contributed by atoms with Crippen molar-refractivity contribution in [1.29, 1.82) is 0 Å². The van der Waals surface area contributed by atoms with Crippen molar-refractivity contribution in [3.63, 3.8) is 0 Å². The second-order valence-corrected chi connectivity index (χ2v) is 6.00. The highest BCUT2D eigenvalue weighted by atomic mass is 16.5. The molecule has 0 atom stereocenters. The number of hydrogen-bond acceptors (Lipinski definition) is 5. The SMILES string of the molecule is COc1ccc(C)c(-n2c(N)c(C(N)=O)c3nc4ccccc4nc32)c1. The number of anilines is 1. The molecule has 0 unspecified atom stereocenters. The molecule has 0 saturated heterocycles. The summed E-state index contributed by atoms with van der Waals surface area (Å²) in [5.41, 5.74) is 16.0. The Morgan fingerprint density at radius 3 is 2.46 bits per heavy atom. The Balaban J connectivity index is 2.17. The monoisotopic (exact) mass is 347 g/mol. The third kappa shape index (κ3) is 2.25. The molecule has 0 spiro atoms. The van der Waals surface area contributed by atoms with Crippen molar-refractivity contribution in [2.24, 2.45) is 5.73 Å². The number of nitrogens with zero attached hydrogens (tertiary/aromatic N) is 3. The Morgan fingerprint density at radius 1 is 1.12 bits per heavy atom. The first-order valence-corrected chi connectivity index (χ1v) is 8.02. The van der Waals surface area contributed by atoms with E-state index >= 15 is 0 Å². The summed E-state index contributed by atoms with van der Waals surface area (Å²) in [4.78, 5) is 21.3. The van der Waals surface area contributed by atoms with Gasteiger partial charge in [0.25, 0.3) is 5.91 Å². The first-order chi connectivity index (χ1) is 12.5. The van der Waals surface area contributed by atoms with Gasteiger partial charge in [-0.1, -0.05) is 18.2 Å². The number of para-hydroxylation sites is 2. The van der Waals surface area contributed by atoms with Crippen molar-refractivity contribution in [1.82, 2.24) is 14.5 Å². The number of fused-ring (bicyclic) bond motifs is 2. The number of nitrogen functional groups attached to an aromatic ring is 1. The van der Waals surface area contributed by atoms with Gasteiger partial charge in [-0.3, -0.25) is 9.36 Å². The molecule has 0 aliphatic carbocycles. The summed E-state index contributed by atoms with van der Waals surface area (Å²) in [6, 6.07) is 13.0. The molecule has 2 heterocycles. The quantitative estimate of drug-likeness (QED) is 0.592. The summed E-state index contributed by atoms with van der Waals surface area (Å²) in [7, 11) is 1.59. The van der Waals surface area contributed by atoms with Crippen LogP contribution in [0.2, 0.25) is 0 Å². The van der Waals surface area contributed by atoms with E-state index in [1.54, 1.807) is 11.7 Å². The van der Waals surface area contributed by atoms with Gasteiger partial charge in [-0.15, -0.1) is 0 Å². The maximum Gasteiger partial charge on any atom is 0.254 e. The lowest BCUT2D eigenvalue weighted by molar-refractivity contribution is 0.100. The Labute approximate surface area is 149 Å². The van der Waals surface area contributed by atoms with E-state index in [0.29, 0.717) is 27.9 Å². The molecule has 4 rings (SSSR count). The highest BCUT2D eigenvalue weighted by molar-refractivity contribution is 6.10. The second-order valence-electron chi connectivity index (χ2n) is 6.00. The number of rotatable bonds is 3. The molecule has 0 radical (unpaired) electrons. The Hall–Kier alpha value is -3.61. The molecule has 0 aliphatic heterocycles. The largest absolute Gasteiger partial charge is 0.497 e. The molecule has 1 amide bonds. The molecule has 4 N–H and O–H groups in total. The van der Waals surface area contributed by atoms with E-state index in [9.17, 15) is 4.79 Å². The number of aryl methyl sites for hydroxylation is 1. The molecular formula is C19H17N5O2. The van der Waals surface area contributed by atoms with Gasteiger partial charge in [0.1, 0.15) is 22.6 Å². The Morgan fingerprint density at radius 2 is 1.81 bits per heavy atom. The minimum absolute atomic E-state index is 0.167. The van der Waals surface area contributed by atoms with Crippen molar-refractivity contribution in [2.75, 3.05) is 12.8 Å². The standard InChI is InChI=1S/C19H17N5O2/c1-10-7-8-11(26-2)9-14(10)24-17(20)15(18(21)25)16-19(24)23-13-6-4-3-5-12(13)22-16/h3-9H,20H2,1-2H3,(H2,21,25). The Bertz CT molecular complexity index is 1180. The first-order valence-electron chi connectivity index (χ1n) is 8.02. The van der Waals surface area contributed by atoms with Crippen LogP contribution in [0.4, 0.5) is 5.82 Å². The van der Waals surface area contributed by atoms with Crippen molar-refractivity contribution in [3.8, 4) is 11.4 Å². The van der Waals surface area contributed by atoms with E-state index in [1.807, 2.05) is 49.4 Å². The molecule has 2 aromatic heterocycles. The van der Waals surface area contributed by atoms with Gasteiger partial charge in [-0.2, -0.15) is 0 Å². The van der Waals surface area contributed by atoms with E-state index in [0.717, 1.165) is 11.3 Å². The molecule has 4 aromatic rings. The van der Waals surface area contributed by atoms with E-state index in [1.165, 1.54) is 0 Å². The second kappa shape index (κ2) is 5.73. The van der Waals surface area contributed by atoms with E-state index in [2.05, 4.69) is 9.97 Å². The highest BCUT2D eigenvalue weighted by Gasteiger charge is 2.24. The van der Waals surface area contributed by atoms with Crippen LogP contribution in [0.5, 0.6) is 5.75 Å². The van der Waals surface area contributed by atoms with Crippen LogP contribution in [0.1, 0.15) is 15.9 Å². The van der Waals surface area contributed by atoms with Crippen molar-refractivity contribution in [3.05, 3.63) is 53.6 Å². The molecule has 7 heteroatoms. The van der Waals surface area contributed by atoms with Crippen LogP contribution in [-0.2, 0) is 0 Å². The summed E-state index contributed by atoms with van der Waals surface area (Å²) in [5, 5.41) is 0. The maximum atomic E-state index is 12.1. The summed E-state index contributed by atoms with van der Waals surface area (Å²) >= 11 is 0. The van der Waals surface area contributed by atoms with Crippen LogP contribution in [0, 0.1) is 6.92 Å². The van der Waals surface area contributed by atoms with Gasteiger partial charge in [0.2, 0.25) is 0 Å². The van der Waals surface area contributed by atoms with Gasteiger partial charge in [0.15, 0.2) is 5.65 Å². The predicted molar refractivity (Wildman–Crippen MR) is 101 cm³/mol. The molecule has 26 heavy (non-hydrogen) atoms. The fourth-order valence-electron chi connectivity index (χ4n) is 3.11. The zero-order valence-electron chi connectivity index (χ0n) is 14.4. The molecular weight excluding hydrogens is 330 g/mol. The lowest BCUT2D eigenvalue weighted by atomic mass is 10.2.